The lowest BCUT2D eigenvalue weighted by Crippen LogP contribution is -2.43. The van der Waals surface area contributed by atoms with Gasteiger partial charge in [0.2, 0.25) is 5.91 Å². The maximum atomic E-state index is 12.9. The summed E-state index contributed by atoms with van der Waals surface area (Å²) in [5, 5.41) is 3.96. The molecule has 1 N–H and O–H groups in total. The minimum Gasteiger partial charge on any atom is -0.355 e. The summed E-state index contributed by atoms with van der Waals surface area (Å²) in [6, 6.07) is 11.9. The van der Waals surface area contributed by atoms with Gasteiger partial charge in [-0.15, -0.1) is 0 Å². The van der Waals surface area contributed by atoms with Crippen LogP contribution >= 0.6 is 11.6 Å². The van der Waals surface area contributed by atoms with Crippen LogP contribution in [0.4, 0.5) is 0 Å². The molecule has 4 rings (SSSR count). The van der Waals surface area contributed by atoms with Gasteiger partial charge in [-0.05, 0) is 73.5 Å². The van der Waals surface area contributed by atoms with Crippen LogP contribution in [0.5, 0.6) is 0 Å². The summed E-state index contributed by atoms with van der Waals surface area (Å²) < 4.78 is 0. The molecule has 1 saturated heterocycles. The number of amides is 1. The third-order valence-corrected chi connectivity index (χ3v) is 6.14. The van der Waals surface area contributed by atoms with E-state index in [9.17, 15) is 4.79 Å². The largest absolute Gasteiger partial charge is 0.355 e. The first kappa shape index (κ1) is 18.5. The normalized spacial score (nSPS) is 21.6. The van der Waals surface area contributed by atoms with Crippen molar-refractivity contribution in [2.45, 2.75) is 37.6 Å². The van der Waals surface area contributed by atoms with Crippen LogP contribution in [0.2, 0.25) is 5.02 Å². The number of hydrogen-bond donors (Lipinski definition) is 1. The molecule has 2 aromatic rings. The van der Waals surface area contributed by atoms with Crippen LogP contribution in [0.15, 0.2) is 48.8 Å². The van der Waals surface area contributed by atoms with E-state index in [0.29, 0.717) is 10.9 Å². The lowest BCUT2D eigenvalue weighted by atomic mass is 9.93. The summed E-state index contributed by atoms with van der Waals surface area (Å²) in [5.74, 6) is 0.696. The van der Waals surface area contributed by atoms with Crippen molar-refractivity contribution >= 4 is 17.5 Å². The van der Waals surface area contributed by atoms with Crippen molar-refractivity contribution < 1.29 is 4.79 Å². The molecular formula is C22H26ClN3O. The van der Waals surface area contributed by atoms with E-state index in [2.05, 4.69) is 27.3 Å². The lowest BCUT2D eigenvalue weighted by molar-refractivity contribution is -0.123. The molecule has 142 valence electrons. The number of aromatic nitrogens is 1. The van der Waals surface area contributed by atoms with Crippen molar-refractivity contribution in [3.63, 3.8) is 0 Å². The lowest BCUT2D eigenvalue weighted by Gasteiger charge is -2.33. The Hall–Kier alpha value is -1.91. The highest BCUT2D eigenvalue weighted by Gasteiger charge is 2.51. The third-order valence-electron chi connectivity index (χ3n) is 5.89. The quantitative estimate of drug-likeness (QED) is 0.825. The second kappa shape index (κ2) is 7.99. The van der Waals surface area contributed by atoms with Gasteiger partial charge in [0.15, 0.2) is 0 Å². The monoisotopic (exact) mass is 383 g/mol. The van der Waals surface area contributed by atoms with E-state index in [1.54, 1.807) is 0 Å². The zero-order valence-corrected chi connectivity index (χ0v) is 16.3. The first-order chi connectivity index (χ1) is 13.2. The summed E-state index contributed by atoms with van der Waals surface area (Å²) in [6.45, 7) is 3.89. The number of piperidine rings is 1. The van der Waals surface area contributed by atoms with E-state index in [1.165, 1.54) is 18.4 Å². The predicted octanol–water partition coefficient (Wildman–Crippen LogP) is 3.80. The van der Waals surface area contributed by atoms with Gasteiger partial charge in [0.25, 0.3) is 0 Å². The highest BCUT2D eigenvalue weighted by molar-refractivity contribution is 6.30. The Morgan fingerprint density at radius 3 is 2.63 bits per heavy atom. The van der Waals surface area contributed by atoms with Crippen LogP contribution in [-0.2, 0) is 16.8 Å². The average Bonchev–Trinajstić information content (AvgIpc) is 3.50. The van der Waals surface area contributed by atoms with Crippen LogP contribution in [0.3, 0.4) is 0 Å². The number of halogens is 1. The van der Waals surface area contributed by atoms with E-state index in [0.717, 1.165) is 44.6 Å². The van der Waals surface area contributed by atoms with Gasteiger partial charge in [-0.2, -0.15) is 0 Å². The maximum absolute atomic E-state index is 12.9. The fourth-order valence-electron chi connectivity index (χ4n) is 4.15. The molecule has 1 aromatic heterocycles. The molecule has 1 amide bonds. The van der Waals surface area contributed by atoms with E-state index >= 15 is 0 Å². The molecular weight excluding hydrogens is 358 g/mol. The van der Waals surface area contributed by atoms with Crippen LogP contribution in [0.1, 0.15) is 36.8 Å². The summed E-state index contributed by atoms with van der Waals surface area (Å²) in [7, 11) is 0. The number of hydrogen-bond acceptors (Lipinski definition) is 3. The molecule has 0 bridgehead atoms. The van der Waals surface area contributed by atoms with E-state index in [-0.39, 0.29) is 11.3 Å². The van der Waals surface area contributed by atoms with Crippen molar-refractivity contribution in [1.82, 2.24) is 15.2 Å². The second-order valence-electron chi connectivity index (χ2n) is 7.90. The van der Waals surface area contributed by atoms with Crippen molar-refractivity contribution in [3.8, 4) is 0 Å². The Labute approximate surface area is 165 Å². The number of carbonyl (C=O) groups excluding carboxylic acids is 1. The minimum atomic E-state index is -0.323. The van der Waals surface area contributed by atoms with Gasteiger partial charge in [0.05, 0.1) is 5.41 Å². The molecule has 1 unspecified atom stereocenters. The topological polar surface area (TPSA) is 45.2 Å². The van der Waals surface area contributed by atoms with Gasteiger partial charge < -0.3 is 5.32 Å². The molecule has 0 radical (unpaired) electrons. The van der Waals surface area contributed by atoms with Crippen molar-refractivity contribution in [2.24, 2.45) is 5.92 Å². The van der Waals surface area contributed by atoms with Crippen molar-refractivity contribution in [1.29, 1.82) is 0 Å². The third kappa shape index (κ3) is 4.33. The van der Waals surface area contributed by atoms with E-state index in [1.807, 2.05) is 36.7 Å². The maximum Gasteiger partial charge on any atom is 0.230 e. The number of likely N-dealkylation sites (tertiary alicyclic amines) is 1. The molecule has 4 nitrogen and oxygen atoms in total. The molecule has 1 saturated carbocycles. The van der Waals surface area contributed by atoms with Crippen LogP contribution in [-0.4, -0.2) is 35.4 Å². The Kier molecular flexibility index (Phi) is 5.46. The minimum absolute atomic E-state index is 0.177. The summed E-state index contributed by atoms with van der Waals surface area (Å²) in [4.78, 5) is 19.4. The smallest absolute Gasteiger partial charge is 0.230 e. The molecule has 5 heteroatoms. The van der Waals surface area contributed by atoms with Crippen molar-refractivity contribution in [3.05, 3.63) is 64.9 Å². The molecule has 1 aliphatic carbocycles. The second-order valence-corrected chi connectivity index (χ2v) is 8.33. The van der Waals surface area contributed by atoms with E-state index in [4.69, 9.17) is 11.6 Å². The Morgan fingerprint density at radius 2 is 1.93 bits per heavy atom. The highest BCUT2D eigenvalue weighted by atomic mass is 35.5. The molecule has 2 aliphatic rings. The molecule has 0 spiro atoms. The molecule has 2 heterocycles. The fraction of sp³-hybridized carbons (Fsp3) is 0.455. The fourth-order valence-corrected chi connectivity index (χ4v) is 4.28. The SMILES string of the molecule is O=C(NCC1CCCN(Cc2ccncc2)C1)C1(c2ccc(Cl)cc2)CC1. The van der Waals surface area contributed by atoms with Crippen LogP contribution in [0.25, 0.3) is 0 Å². The van der Waals surface area contributed by atoms with Crippen LogP contribution in [0, 0.1) is 5.92 Å². The van der Waals surface area contributed by atoms with Gasteiger partial charge in [0.1, 0.15) is 0 Å². The summed E-state index contributed by atoms with van der Waals surface area (Å²) >= 11 is 5.99. The molecule has 27 heavy (non-hydrogen) atoms. The molecule has 2 fully saturated rings. The zero-order chi connectivity index (χ0) is 18.7. The number of pyridine rings is 1. The summed E-state index contributed by atoms with van der Waals surface area (Å²) in [6.07, 6.45) is 7.93. The van der Waals surface area contributed by atoms with E-state index < -0.39 is 0 Å². The molecule has 1 atom stereocenters. The Bertz CT molecular complexity index is 774. The average molecular weight is 384 g/mol. The van der Waals surface area contributed by atoms with Gasteiger partial charge in [0, 0.05) is 37.1 Å². The number of nitrogens with zero attached hydrogens (tertiary/aromatic N) is 2. The highest BCUT2D eigenvalue weighted by Crippen LogP contribution is 2.48. The van der Waals surface area contributed by atoms with Gasteiger partial charge in [-0.1, -0.05) is 23.7 Å². The Balaban J connectivity index is 1.30. The predicted molar refractivity (Wildman–Crippen MR) is 108 cm³/mol. The van der Waals surface area contributed by atoms with Gasteiger partial charge in [-0.3, -0.25) is 14.7 Å². The summed E-state index contributed by atoms with van der Waals surface area (Å²) in [5.41, 5.74) is 2.07. The number of carbonyl (C=O) groups is 1. The molecule has 1 aliphatic heterocycles. The van der Waals surface area contributed by atoms with Gasteiger partial charge >= 0.3 is 0 Å². The van der Waals surface area contributed by atoms with Gasteiger partial charge in [-0.25, -0.2) is 0 Å². The number of rotatable bonds is 6. The van der Waals surface area contributed by atoms with Crippen molar-refractivity contribution in [2.75, 3.05) is 19.6 Å². The molecule has 1 aromatic carbocycles. The first-order valence-corrected chi connectivity index (χ1v) is 10.2. The standard InChI is InChI=1S/C22H26ClN3O/c23-20-5-3-19(4-6-20)22(9-10-22)21(27)25-14-18-2-1-13-26(16-18)15-17-7-11-24-12-8-17/h3-8,11-12,18H,1-2,9-10,13-16H2,(H,25,27). The van der Waals surface area contributed by atoms with Crippen LogP contribution < -0.4 is 5.32 Å². The first-order valence-electron chi connectivity index (χ1n) is 9.81. The Morgan fingerprint density at radius 1 is 1.19 bits per heavy atom. The number of nitrogens with one attached hydrogen (secondary N) is 1. The zero-order valence-electron chi connectivity index (χ0n) is 15.5. The number of benzene rings is 1.